The van der Waals surface area contributed by atoms with E-state index < -0.39 is 0 Å². The van der Waals surface area contributed by atoms with Crippen LogP contribution in [0.3, 0.4) is 0 Å². The van der Waals surface area contributed by atoms with Gasteiger partial charge in [-0.15, -0.1) is 0 Å². The fourth-order valence-electron chi connectivity index (χ4n) is 1.82. The highest BCUT2D eigenvalue weighted by atomic mass is 35.5. The molecule has 1 N–H and O–H groups in total. The Morgan fingerprint density at radius 3 is 2.70 bits per heavy atom. The lowest BCUT2D eigenvalue weighted by Gasteiger charge is -2.16. The lowest BCUT2D eigenvalue weighted by Crippen LogP contribution is -2.29. The van der Waals surface area contributed by atoms with Gasteiger partial charge in [0, 0.05) is 31.9 Å². The van der Waals surface area contributed by atoms with E-state index in [9.17, 15) is 4.79 Å². The van der Waals surface area contributed by atoms with Crippen molar-refractivity contribution in [3.05, 3.63) is 53.1 Å². The van der Waals surface area contributed by atoms with Crippen molar-refractivity contribution < 1.29 is 9.53 Å². The summed E-state index contributed by atoms with van der Waals surface area (Å²) in [6.45, 7) is 0.369. The van der Waals surface area contributed by atoms with Gasteiger partial charge < -0.3 is 14.6 Å². The van der Waals surface area contributed by atoms with E-state index in [1.54, 1.807) is 36.3 Å². The maximum absolute atomic E-state index is 11.9. The highest BCUT2D eigenvalue weighted by Crippen LogP contribution is 2.18. The van der Waals surface area contributed by atoms with E-state index in [4.69, 9.17) is 16.3 Å². The van der Waals surface area contributed by atoms with Gasteiger partial charge in [0.25, 0.3) is 5.91 Å². The zero-order valence-corrected chi connectivity index (χ0v) is 12.1. The summed E-state index contributed by atoms with van der Waals surface area (Å²) in [5, 5.41) is 3.47. The zero-order chi connectivity index (χ0) is 14.5. The van der Waals surface area contributed by atoms with Crippen molar-refractivity contribution >= 4 is 17.5 Å². The molecule has 0 aliphatic heterocycles. The second kappa shape index (κ2) is 6.54. The van der Waals surface area contributed by atoms with E-state index in [-0.39, 0.29) is 12.0 Å². The number of carbonyl (C=O) groups excluding carboxylic acids is 1. The normalized spacial score (nSPS) is 12.2. The van der Waals surface area contributed by atoms with Crippen LogP contribution in [0, 0.1) is 0 Å². The third-order valence-corrected chi connectivity index (χ3v) is 3.16. The number of amides is 1. The predicted molar refractivity (Wildman–Crippen MR) is 76.7 cm³/mol. The molecule has 0 aliphatic carbocycles. The van der Waals surface area contributed by atoms with Crippen LogP contribution in [0.2, 0.25) is 5.02 Å². The third-order valence-electron chi connectivity index (χ3n) is 2.91. The number of aromatic nitrogens is 2. The number of hydrogen-bond donors (Lipinski definition) is 1. The number of benzene rings is 1. The Labute approximate surface area is 122 Å². The Hall–Kier alpha value is -1.85. The van der Waals surface area contributed by atoms with Crippen molar-refractivity contribution in [3.8, 4) is 0 Å². The molecule has 0 fully saturated rings. The lowest BCUT2D eigenvalue weighted by molar-refractivity contribution is 0.0824. The molecular weight excluding hydrogens is 278 g/mol. The van der Waals surface area contributed by atoms with Gasteiger partial charge in [0.1, 0.15) is 5.69 Å². The lowest BCUT2D eigenvalue weighted by atomic mass is 10.1. The first-order chi connectivity index (χ1) is 9.60. The van der Waals surface area contributed by atoms with Crippen LogP contribution >= 0.6 is 11.6 Å². The average molecular weight is 294 g/mol. The summed E-state index contributed by atoms with van der Waals surface area (Å²) in [6, 6.07) is 7.35. The van der Waals surface area contributed by atoms with Gasteiger partial charge in [-0.2, -0.15) is 0 Å². The molecule has 0 aliphatic rings. The van der Waals surface area contributed by atoms with E-state index >= 15 is 0 Å². The molecule has 1 aromatic heterocycles. The van der Waals surface area contributed by atoms with Gasteiger partial charge in [-0.05, 0) is 17.7 Å². The number of rotatable bonds is 5. The molecule has 5 nitrogen and oxygen atoms in total. The van der Waals surface area contributed by atoms with Gasteiger partial charge in [-0.25, -0.2) is 4.98 Å². The van der Waals surface area contributed by atoms with Crippen LogP contribution in [-0.2, 0) is 11.8 Å². The molecule has 1 atom stereocenters. The van der Waals surface area contributed by atoms with Gasteiger partial charge >= 0.3 is 0 Å². The standard InChI is InChI=1S/C14H16ClN3O2/c1-18-8-12(17-9-18)14(19)16-7-13(20-2)10-3-5-11(15)6-4-10/h3-6,8-9,13H,7H2,1-2H3,(H,16,19)/t13-/m1/s1. The maximum atomic E-state index is 11.9. The monoisotopic (exact) mass is 293 g/mol. The van der Waals surface area contributed by atoms with Crippen LogP contribution in [0.4, 0.5) is 0 Å². The number of nitrogens with zero attached hydrogens (tertiary/aromatic N) is 2. The number of aryl methyl sites for hydroxylation is 1. The maximum Gasteiger partial charge on any atom is 0.271 e. The van der Waals surface area contributed by atoms with Crippen molar-refractivity contribution in [1.82, 2.24) is 14.9 Å². The van der Waals surface area contributed by atoms with E-state index in [1.807, 2.05) is 19.2 Å². The molecule has 0 saturated heterocycles. The number of carbonyl (C=O) groups is 1. The summed E-state index contributed by atoms with van der Waals surface area (Å²) in [5.41, 5.74) is 1.34. The molecule has 0 radical (unpaired) electrons. The molecule has 0 unspecified atom stereocenters. The van der Waals surface area contributed by atoms with Gasteiger partial charge in [0.2, 0.25) is 0 Å². The second-order valence-electron chi connectivity index (χ2n) is 4.41. The fraction of sp³-hybridized carbons (Fsp3) is 0.286. The van der Waals surface area contributed by atoms with Gasteiger partial charge in [-0.3, -0.25) is 4.79 Å². The number of hydrogen-bond acceptors (Lipinski definition) is 3. The molecule has 2 rings (SSSR count). The molecule has 2 aromatic rings. The molecule has 1 amide bonds. The number of methoxy groups -OCH3 is 1. The smallest absolute Gasteiger partial charge is 0.271 e. The molecule has 6 heteroatoms. The Morgan fingerprint density at radius 1 is 1.45 bits per heavy atom. The van der Waals surface area contributed by atoms with Crippen LogP contribution in [-0.4, -0.2) is 29.1 Å². The summed E-state index contributed by atoms with van der Waals surface area (Å²) in [6.07, 6.45) is 3.03. The van der Waals surface area contributed by atoms with E-state index in [1.165, 1.54) is 0 Å². The topological polar surface area (TPSA) is 56.1 Å². The molecule has 0 spiro atoms. The zero-order valence-electron chi connectivity index (χ0n) is 11.3. The predicted octanol–water partition coefficient (Wildman–Crippen LogP) is 2.19. The number of nitrogens with one attached hydrogen (secondary N) is 1. The molecule has 0 bridgehead atoms. The summed E-state index contributed by atoms with van der Waals surface area (Å²) in [7, 11) is 3.42. The molecule has 106 valence electrons. The molecular formula is C14H16ClN3O2. The fourth-order valence-corrected chi connectivity index (χ4v) is 1.95. The first-order valence-electron chi connectivity index (χ1n) is 6.14. The molecule has 1 heterocycles. The van der Waals surface area contributed by atoms with Gasteiger partial charge in [0.15, 0.2) is 0 Å². The summed E-state index contributed by atoms with van der Waals surface area (Å²) in [5.74, 6) is -0.221. The van der Waals surface area contributed by atoms with Crippen molar-refractivity contribution in [2.75, 3.05) is 13.7 Å². The van der Waals surface area contributed by atoms with Crippen LogP contribution in [0.5, 0.6) is 0 Å². The van der Waals surface area contributed by atoms with Crippen LogP contribution in [0.25, 0.3) is 0 Å². The summed E-state index contributed by atoms with van der Waals surface area (Å²) >= 11 is 5.85. The van der Waals surface area contributed by atoms with Crippen LogP contribution in [0.1, 0.15) is 22.2 Å². The minimum atomic E-state index is -0.222. The quantitative estimate of drug-likeness (QED) is 0.919. The molecule has 0 saturated carbocycles. The van der Waals surface area contributed by atoms with E-state index in [0.717, 1.165) is 5.56 Å². The Balaban J connectivity index is 1.97. The minimum absolute atomic E-state index is 0.221. The second-order valence-corrected chi connectivity index (χ2v) is 4.85. The third kappa shape index (κ3) is 3.59. The summed E-state index contributed by atoms with van der Waals surface area (Å²) < 4.78 is 7.11. The van der Waals surface area contributed by atoms with E-state index in [2.05, 4.69) is 10.3 Å². The van der Waals surface area contributed by atoms with Crippen LogP contribution < -0.4 is 5.32 Å². The Bertz CT molecular complexity index is 580. The molecule has 20 heavy (non-hydrogen) atoms. The Kier molecular flexibility index (Phi) is 4.76. The van der Waals surface area contributed by atoms with Crippen molar-refractivity contribution in [1.29, 1.82) is 0 Å². The summed E-state index contributed by atoms with van der Waals surface area (Å²) in [4.78, 5) is 15.9. The number of halogens is 1. The van der Waals surface area contributed by atoms with Crippen molar-refractivity contribution in [2.24, 2.45) is 7.05 Å². The average Bonchev–Trinajstić information content (AvgIpc) is 2.88. The number of ether oxygens (including phenoxy) is 1. The van der Waals surface area contributed by atoms with E-state index in [0.29, 0.717) is 17.3 Å². The first-order valence-corrected chi connectivity index (χ1v) is 6.52. The van der Waals surface area contributed by atoms with Crippen molar-refractivity contribution in [3.63, 3.8) is 0 Å². The SMILES string of the molecule is CO[C@H](CNC(=O)c1cn(C)cn1)c1ccc(Cl)cc1. The van der Waals surface area contributed by atoms with Crippen molar-refractivity contribution in [2.45, 2.75) is 6.10 Å². The highest BCUT2D eigenvalue weighted by Gasteiger charge is 2.14. The highest BCUT2D eigenvalue weighted by molar-refractivity contribution is 6.30. The largest absolute Gasteiger partial charge is 0.375 e. The van der Waals surface area contributed by atoms with Crippen LogP contribution in [0.15, 0.2) is 36.8 Å². The minimum Gasteiger partial charge on any atom is -0.375 e. The first kappa shape index (κ1) is 14.6. The molecule has 1 aromatic carbocycles. The van der Waals surface area contributed by atoms with Gasteiger partial charge in [-0.1, -0.05) is 23.7 Å². The van der Waals surface area contributed by atoms with Gasteiger partial charge in [0.05, 0.1) is 12.4 Å². The Morgan fingerprint density at radius 2 is 2.15 bits per heavy atom. The number of imidazole rings is 1.